The van der Waals surface area contributed by atoms with Gasteiger partial charge in [-0.1, -0.05) is 65.0 Å². The number of carbonyl (C=O) groups is 1. The van der Waals surface area contributed by atoms with Crippen LogP contribution in [0.4, 0.5) is 0 Å². The lowest BCUT2D eigenvalue weighted by molar-refractivity contribution is -0.127. The van der Waals surface area contributed by atoms with Gasteiger partial charge >= 0.3 is 0 Å². The minimum absolute atomic E-state index is 0.0930. The van der Waals surface area contributed by atoms with E-state index in [0.29, 0.717) is 24.8 Å². The molecule has 0 radical (unpaired) electrons. The van der Waals surface area contributed by atoms with Crippen molar-refractivity contribution in [3.63, 3.8) is 0 Å². The Bertz CT molecular complexity index is 760. The first-order chi connectivity index (χ1) is 13.2. The zero-order valence-corrected chi connectivity index (χ0v) is 17.9. The van der Waals surface area contributed by atoms with Crippen LogP contribution in [-0.2, 0) is 10.2 Å². The molecule has 1 atom stereocenters. The lowest BCUT2D eigenvalue weighted by Gasteiger charge is -2.20. The Kier molecular flexibility index (Phi) is 7.50. The molecule has 28 heavy (non-hydrogen) atoms. The van der Waals surface area contributed by atoms with Crippen molar-refractivity contribution >= 4 is 5.91 Å². The molecule has 0 saturated heterocycles. The van der Waals surface area contributed by atoms with Crippen LogP contribution in [0.25, 0.3) is 0 Å². The fourth-order valence-electron chi connectivity index (χ4n) is 2.86. The van der Waals surface area contributed by atoms with Crippen molar-refractivity contribution < 1.29 is 14.3 Å². The molecule has 0 aliphatic carbocycles. The molecule has 0 bridgehead atoms. The van der Waals surface area contributed by atoms with Crippen LogP contribution in [0.3, 0.4) is 0 Å². The second-order valence-electron chi connectivity index (χ2n) is 8.37. The first-order valence-corrected chi connectivity index (χ1v) is 9.95. The summed E-state index contributed by atoms with van der Waals surface area (Å²) in [4.78, 5) is 12.3. The molecule has 4 heteroatoms. The predicted octanol–water partition coefficient (Wildman–Crippen LogP) is 5.07. The number of nitrogens with one attached hydrogen (secondary N) is 1. The van der Waals surface area contributed by atoms with Crippen molar-refractivity contribution in [3.05, 3.63) is 59.7 Å². The fraction of sp³-hybridized carbons (Fsp3) is 0.458. The van der Waals surface area contributed by atoms with E-state index in [4.69, 9.17) is 9.47 Å². The Morgan fingerprint density at radius 3 is 2.25 bits per heavy atom. The maximum atomic E-state index is 12.3. The second-order valence-corrected chi connectivity index (χ2v) is 8.37. The number of benzene rings is 2. The summed E-state index contributed by atoms with van der Waals surface area (Å²) < 4.78 is 11.6. The Morgan fingerprint density at radius 2 is 1.64 bits per heavy atom. The molecule has 0 heterocycles. The molecule has 0 aromatic heterocycles. The van der Waals surface area contributed by atoms with Gasteiger partial charge in [-0.3, -0.25) is 4.79 Å². The van der Waals surface area contributed by atoms with E-state index in [9.17, 15) is 4.79 Å². The normalized spacial score (nSPS) is 12.5. The summed E-state index contributed by atoms with van der Waals surface area (Å²) in [6.07, 6.45) is -0.566. The molecule has 152 valence electrons. The molecule has 0 spiro atoms. The first kappa shape index (κ1) is 21.8. The molecule has 1 N–H and O–H groups in total. The van der Waals surface area contributed by atoms with E-state index in [1.807, 2.05) is 42.5 Å². The van der Waals surface area contributed by atoms with E-state index in [1.54, 1.807) is 6.92 Å². The van der Waals surface area contributed by atoms with Gasteiger partial charge in [0, 0.05) is 0 Å². The van der Waals surface area contributed by atoms with E-state index >= 15 is 0 Å². The lowest BCUT2D eigenvalue weighted by atomic mass is 9.87. The Labute approximate surface area is 169 Å². The van der Waals surface area contributed by atoms with Gasteiger partial charge in [0.05, 0.1) is 6.54 Å². The summed E-state index contributed by atoms with van der Waals surface area (Å²) in [6.45, 7) is 13.4. The molecular formula is C24H33NO3. The van der Waals surface area contributed by atoms with Gasteiger partial charge < -0.3 is 14.8 Å². The van der Waals surface area contributed by atoms with Crippen LogP contribution in [-0.4, -0.2) is 25.2 Å². The van der Waals surface area contributed by atoms with Gasteiger partial charge in [-0.2, -0.15) is 0 Å². The summed E-state index contributed by atoms with van der Waals surface area (Å²) in [7, 11) is 0. The van der Waals surface area contributed by atoms with Crippen LogP contribution < -0.4 is 14.8 Å². The SMILES string of the molecule is CC(Oc1ccc(C(C)(C)C)cc1)C(=O)NCCOc1ccccc1C(C)C. The van der Waals surface area contributed by atoms with Crippen LogP contribution in [0.5, 0.6) is 11.5 Å². The lowest BCUT2D eigenvalue weighted by Crippen LogP contribution is -2.38. The zero-order valence-electron chi connectivity index (χ0n) is 17.9. The third-order valence-corrected chi connectivity index (χ3v) is 4.60. The minimum atomic E-state index is -0.566. The zero-order chi connectivity index (χ0) is 20.7. The van der Waals surface area contributed by atoms with Gasteiger partial charge in [-0.05, 0) is 47.6 Å². The van der Waals surface area contributed by atoms with Gasteiger partial charge in [0.15, 0.2) is 6.10 Å². The molecule has 4 nitrogen and oxygen atoms in total. The molecular weight excluding hydrogens is 350 g/mol. The van der Waals surface area contributed by atoms with Crippen LogP contribution in [0.15, 0.2) is 48.5 Å². The molecule has 0 aliphatic heterocycles. The highest BCUT2D eigenvalue weighted by Crippen LogP contribution is 2.26. The standard InChI is InChI=1S/C24H33NO3/c1-17(2)21-9-7-8-10-22(21)27-16-15-25-23(26)18(3)28-20-13-11-19(12-14-20)24(4,5)6/h7-14,17-18H,15-16H2,1-6H3,(H,25,26). The number of hydrogen-bond donors (Lipinski definition) is 1. The van der Waals surface area contributed by atoms with E-state index in [1.165, 1.54) is 11.1 Å². The highest BCUT2D eigenvalue weighted by molar-refractivity contribution is 5.80. The van der Waals surface area contributed by atoms with Crippen molar-refractivity contribution in [1.29, 1.82) is 0 Å². The van der Waals surface area contributed by atoms with Gasteiger partial charge in [0.2, 0.25) is 0 Å². The first-order valence-electron chi connectivity index (χ1n) is 9.95. The molecule has 2 aromatic carbocycles. The minimum Gasteiger partial charge on any atom is -0.491 e. The Hall–Kier alpha value is -2.49. The van der Waals surface area contributed by atoms with Gasteiger partial charge in [-0.25, -0.2) is 0 Å². The highest BCUT2D eigenvalue weighted by atomic mass is 16.5. The van der Waals surface area contributed by atoms with Crippen LogP contribution in [0.1, 0.15) is 58.6 Å². The summed E-state index contributed by atoms with van der Waals surface area (Å²) >= 11 is 0. The summed E-state index contributed by atoms with van der Waals surface area (Å²) in [5.41, 5.74) is 2.50. The molecule has 0 fully saturated rings. The van der Waals surface area contributed by atoms with E-state index < -0.39 is 6.10 Å². The average Bonchev–Trinajstić information content (AvgIpc) is 2.65. The van der Waals surface area contributed by atoms with Crippen molar-refractivity contribution in [3.8, 4) is 11.5 Å². The third-order valence-electron chi connectivity index (χ3n) is 4.60. The summed E-state index contributed by atoms with van der Waals surface area (Å²) in [5, 5.41) is 2.87. The number of para-hydroxylation sites is 1. The van der Waals surface area contributed by atoms with E-state index in [2.05, 4.69) is 46.0 Å². The van der Waals surface area contributed by atoms with E-state index in [-0.39, 0.29) is 11.3 Å². The topological polar surface area (TPSA) is 47.6 Å². The van der Waals surface area contributed by atoms with Crippen LogP contribution in [0, 0.1) is 0 Å². The molecule has 0 saturated carbocycles. The van der Waals surface area contributed by atoms with Crippen LogP contribution in [0.2, 0.25) is 0 Å². The molecule has 1 unspecified atom stereocenters. The average molecular weight is 384 g/mol. The maximum Gasteiger partial charge on any atom is 0.260 e. The van der Waals surface area contributed by atoms with Gasteiger partial charge in [0.1, 0.15) is 18.1 Å². The molecule has 2 aromatic rings. The quantitative estimate of drug-likeness (QED) is 0.648. The third kappa shape index (κ3) is 6.29. The molecule has 1 amide bonds. The van der Waals surface area contributed by atoms with Crippen LogP contribution >= 0.6 is 0 Å². The number of ether oxygens (including phenoxy) is 2. The number of rotatable bonds is 8. The fourth-order valence-corrected chi connectivity index (χ4v) is 2.86. The largest absolute Gasteiger partial charge is 0.491 e. The van der Waals surface area contributed by atoms with E-state index in [0.717, 1.165) is 5.75 Å². The van der Waals surface area contributed by atoms with Crippen molar-refractivity contribution in [1.82, 2.24) is 5.32 Å². The van der Waals surface area contributed by atoms with Crippen molar-refractivity contribution in [2.24, 2.45) is 0 Å². The van der Waals surface area contributed by atoms with Crippen molar-refractivity contribution in [2.75, 3.05) is 13.2 Å². The molecule has 0 aliphatic rings. The predicted molar refractivity (Wildman–Crippen MR) is 114 cm³/mol. The monoisotopic (exact) mass is 383 g/mol. The Balaban J connectivity index is 1.78. The smallest absolute Gasteiger partial charge is 0.260 e. The number of carbonyl (C=O) groups excluding carboxylic acids is 1. The number of amides is 1. The maximum absolute atomic E-state index is 12.3. The highest BCUT2D eigenvalue weighted by Gasteiger charge is 2.16. The van der Waals surface area contributed by atoms with Gasteiger partial charge in [-0.15, -0.1) is 0 Å². The molecule has 2 rings (SSSR count). The second kappa shape index (κ2) is 9.63. The number of hydrogen-bond acceptors (Lipinski definition) is 3. The Morgan fingerprint density at radius 1 is 1.00 bits per heavy atom. The summed E-state index contributed by atoms with van der Waals surface area (Å²) in [6, 6.07) is 15.9. The van der Waals surface area contributed by atoms with Gasteiger partial charge in [0.25, 0.3) is 5.91 Å². The van der Waals surface area contributed by atoms with Crippen molar-refractivity contribution in [2.45, 2.75) is 59.0 Å². The summed E-state index contributed by atoms with van der Waals surface area (Å²) in [5.74, 6) is 1.80.